The number of carbonyl (C=O) groups is 2. The molecule has 0 radical (unpaired) electrons. The number of benzene rings is 2. The van der Waals surface area contributed by atoms with Crippen LogP contribution in [0.4, 0.5) is 11.5 Å². The SMILES string of the molecule is CNC(=O)c1ccc(C)c(-c2cc(N)c3cnc(NC(=O)[C@H]4C[C@@H]4C#N)cc3c2)c1. The number of aromatic nitrogens is 1. The van der Waals surface area contributed by atoms with Crippen molar-refractivity contribution < 1.29 is 9.59 Å². The molecular weight excluding hydrogens is 378 g/mol. The second-order valence-corrected chi connectivity index (χ2v) is 7.53. The number of amides is 2. The standard InChI is InChI=1S/C23H21N5O2/c1-12-3-4-13(22(29)26-2)6-17(12)14-5-15-9-21(27-11-19(15)20(25)8-14)28-23(30)18-7-16(18)10-24/h3-6,8-9,11,16,18H,7,25H2,1-2H3,(H,26,29)(H,27,28,30)/t16-,18+/m1/s1. The molecule has 1 aliphatic carbocycles. The molecule has 2 atom stereocenters. The Morgan fingerprint density at radius 2 is 2.03 bits per heavy atom. The van der Waals surface area contributed by atoms with Crippen LogP contribution in [0.15, 0.2) is 42.6 Å². The van der Waals surface area contributed by atoms with Gasteiger partial charge in [-0.25, -0.2) is 4.98 Å². The fraction of sp³-hybridized carbons (Fsp3) is 0.217. The molecule has 1 fully saturated rings. The van der Waals surface area contributed by atoms with Gasteiger partial charge in [-0.15, -0.1) is 0 Å². The summed E-state index contributed by atoms with van der Waals surface area (Å²) in [6.45, 7) is 1.98. The zero-order valence-corrected chi connectivity index (χ0v) is 16.7. The van der Waals surface area contributed by atoms with Crippen LogP contribution in [0.3, 0.4) is 0 Å². The lowest BCUT2D eigenvalue weighted by Gasteiger charge is -2.12. The van der Waals surface area contributed by atoms with Crippen molar-refractivity contribution >= 4 is 34.1 Å². The van der Waals surface area contributed by atoms with Gasteiger partial charge < -0.3 is 16.4 Å². The van der Waals surface area contributed by atoms with Gasteiger partial charge in [0.25, 0.3) is 5.91 Å². The zero-order chi connectivity index (χ0) is 21.4. The number of nitrogens with zero attached hydrogens (tertiary/aromatic N) is 2. The number of nitrogen functional groups attached to an aromatic ring is 1. The minimum atomic E-state index is -0.265. The van der Waals surface area contributed by atoms with Gasteiger partial charge >= 0.3 is 0 Å². The number of anilines is 2. The lowest BCUT2D eigenvalue weighted by atomic mass is 9.95. The third kappa shape index (κ3) is 3.55. The monoisotopic (exact) mass is 399 g/mol. The second-order valence-electron chi connectivity index (χ2n) is 7.53. The van der Waals surface area contributed by atoms with Gasteiger partial charge in [-0.1, -0.05) is 6.07 Å². The van der Waals surface area contributed by atoms with E-state index >= 15 is 0 Å². The topological polar surface area (TPSA) is 121 Å². The third-order valence-electron chi connectivity index (χ3n) is 5.45. The molecule has 7 nitrogen and oxygen atoms in total. The Balaban J connectivity index is 1.71. The molecule has 7 heteroatoms. The molecule has 2 amide bonds. The van der Waals surface area contributed by atoms with Crippen molar-refractivity contribution in [2.75, 3.05) is 18.1 Å². The summed E-state index contributed by atoms with van der Waals surface area (Å²) in [4.78, 5) is 28.6. The van der Waals surface area contributed by atoms with Crippen LogP contribution in [-0.4, -0.2) is 23.8 Å². The fourth-order valence-corrected chi connectivity index (χ4v) is 3.57. The van der Waals surface area contributed by atoms with Gasteiger partial charge in [-0.2, -0.15) is 5.26 Å². The van der Waals surface area contributed by atoms with Crippen molar-refractivity contribution in [2.45, 2.75) is 13.3 Å². The number of pyridine rings is 1. The maximum Gasteiger partial charge on any atom is 0.251 e. The van der Waals surface area contributed by atoms with E-state index in [4.69, 9.17) is 11.0 Å². The molecule has 30 heavy (non-hydrogen) atoms. The molecule has 0 saturated heterocycles. The number of nitrogens with one attached hydrogen (secondary N) is 2. The largest absolute Gasteiger partial charge is 0.398 e. The van der Waals surface area contributed by atoms with Crippen LogP contribution in [0.2, 0.25) is 0 Å². The number of carbonyl (C=O) groups excluding carboxylic acids is 2. The first-order valence-electron chi connectivity index (χ1n) is 9.64. The van der Waals surface area contributed by atoms with E-state index < -0.39 is 0 Å². The molecule has 0 unspecified atom stereocenters. The summed E-state index contributed by atoms with van der Waals surface area (Å²) in [5.41, 5.74) is 10.2. The van der Waals surface area contributed by atoms with E-state index in [2.05, 4.69) is 21.7 Å². The van der Waals surface area contributed by atoms with Crippen molar-refractivity contribution in [1.29, 1.82) is 5.26 Å². The molecular formula is C23H21N5O2. The lowest BCUT2D eigenvalue weighted by molar-refractivity contribution is -0.117. The van der Waals surface area contributed by atoms with Gasteiger partial charge in [-0.05, 0) is 65.8 Å². The smallest absolute Gasteiger partial charge is 0.251 e. The third-order valence-corrected chi connectivity index (χ3v) is 5.45. The van der Waals surface area contributed by atoms with E-state index in [1.165, 1.54) is 0 Å². The number of aryl methyl sites for hydroxylation is 1. The molecule has 4 rings (SSSR count). The van der Waals surface area contributed by atoms with Gasteiger partial charge in [-0.3, -0.25) is 9.59 Å². The Kier molecular flexibility index (Phi) is 4.84. The maximum absolute atomic E-state index is 12.2. The highest BCUT2D eigenvalue weighted by Crippen LogP contribution is 2.38. The van der Waals surface area contributed by atoms with Crippen molar-refractivity contribution in [3.05, 3.63) is 53.7 Å². The summed E-state index contributed by atoms with van der Waals surface area (Å²) >= 11 is 0. The summed E-state index contributed by atoms with van der Waals surface area (Å²) in [5.74, 6) is -0.396. The van der Waals surface area contributed by atoms with Crippen LogP contribution in [0.1, 0.15) is 22.3 Å². The molecule has 4 N–H and O–H groups in total. The van der Waals surface area contributed by atoms with Crippen LogP contribution in [0.5, 0.6) is 0 Å². The molecule has 1 heterocycles. The fourth-order valence-electron chi connectivity index (χ4n) is 3.57. The number of fused-ring (bicyclic) bond motifs is 1. The van der Waals surface area contributed by atoms with Gasteiger partial charge in [0.15, 0.2) is 0 Å². The summed E-state index contributed by atoms with van der Waals surface area (Å²) in [6, 6.07) is 13.2. The van der Waals surface area contributed by atoms with Crippen molar-refractivity contribution in [3.63, 3.8) is 0 Å². The Bertz CT molecular complexity index is 1230. The molecule has 0 bridgehead atoms. The first-order chi connectivity index (χ1) is 14.4. The van der Waals surface area contributed by atoms with Crippen molar-refractivity contribution in [3.8, 4) is 17.2 Å². The number of hydrogen-bond donors (Lipinski definition) is 3. The second kappa shape index (κ2) is 7.48. The normalized spacial score (nSPS) is 17.2. The van der Waals surface area contributed by atoms with Crippen molar-refractivity contribution in [1.82, 2.24) is 10.3 Å². The number of rotatable bonds is 4. The van der Waals surface area contributed by atoms with E-state index in [1.807, 2.05) is 31.2 Å². The molecule has 2 aromatic carbocycles. The predicted octanol–water partition coefficient (Wildman–Crippen LogP) is 3.25. The van der Waals surface area contributed by atoms with Crippen LogP contribution in [0, 0.1) is 30.1 Å². The molecule has 3 aromatic rings. The van der Waals surface area contributed by atoms with E-state index in [1.54, 1.807) is 25.4 Å². The number of nitriles is 1. The summed E-state index contributed by atoms with van der Waals surface area (Å²) in [7, 11) is 1.60. The van der Waals surface area contributed by atoms with Crippen LogP contribution in [0.25, 0.3) is 21.9 Å². The Hall–Kier alpha value is -3.92. The molecule has 150 valence electrons. The van der Waals surface area contributed by atoms with E-state index in [0.29, 0.717) is 23.5 Å². The van der Waals surface area contributed by atoms with Crippen LogP contribution < -0.4 is 16.4 Å². The van der Waals surface area contributed by atoms with E-state index in [0.717, 1.165) is 27.5 Å². The highest BCUT2D eigenvalue weighted by molar-refractivity contribution is 6.01. The average Bonchev–Trinajstić information content (AvgIpc) is 3.53. The number of hydrogen-bond acceptors (Lipinski definition) is 5. The Morgan fingerprint density at radius 3 is 2.73 bits per heavy atom. The van der Waals surface area contributed by atoms with Gasteiger partial charge in [0, 0.05) is 29.9 Å². The summed E-state index contributed by atoms with van der Waals surface area (Å²) in [6.07, 6.45) is 2.22. The minimum absolute atomic E-state index is 0.157. The van der Waals surface area contributed by atoms with Crippen molar-refractivity contribution in [2.24, 2.45) is 11.8 Å². The van der Waals surface area contributed by atoms with Gasteiger partial charge in [0.2, 0.25) is 5.91 Å². The molecule has 0 aliphatic heterocycles. The van der Waals surface area contributed by atoms with E-state index in [9.17, 15) is 9.59 Å². The number of nitrogens with two attached hydrogens (primary N) is 1. The van der Waals surface area contributed by atoms with Crippen LogP contribution >= 0.6 is 0 Å². The quantitative estimate of drug-likeness (QED) is 0.582. The lowest BCUT2D eigenvalue weighted by Crippen LogP contribution is -2.17. The highest BCUT2D eigenvalue weighted by atomic mass is 16.2. The summed E-state index contributed by atoms with van der Waals surface area (Å²) < 4.78 is 0. The first-order valence-corrected chi connectivity index (χ1v) is 9.64. The predicted molar refractivity (Wildman–Crippen MR) is 116 cm³/mol. The van der Waals surface area contributed by atoms with Gasteiger partial charge in [0.1, 0.15) is 5.82 Å². The maximum atomic E-state index is 12.2. The molecule has 0 spiro atoms. The Labute approximate surface area is 173 Å². The molecule has 1 aromatic heterocycles. The van der Waals surface area contributed by atoms with Crippen LogP contribution in [-0.2, 0) is 4.79 Å². The minimum Gasteiger partial charge on any atom is -0.398 e. The molecule has 1 saturated carbocycles. The highest BCUT2D eigenvalue weighted by Gasteiger charge is 2.43. The molecule has 1 aliphatic rings. The zero-order valence-electron chi connectivity index (χ0n) is 16.7. The average molecular weight is 399 g/mol. The first kappa shape index (κ1) is 19.4. The Morgan fingerprint density at radius 1 is 1.23 bits per heavy atom. The summed E-state index contributed by atoms with van der Waals surface area (Å²) in [5, 5.41) is 15.9. The van der Waals surface area contributed by atoms with Gasteiger partial charge in [0.05, 0.1) is 17.9 Å². The van der Waals surface area contributed by atoms with E-state index in [-0.39, 0.29) is 23.7 Å².